The summed E-state index contributed by atoms with van der Waals surface area (Å²) in [5.41, 5.74) is 4.53. The summed E-state index contributed by atoms with van der Waals surface area (Å²) in [6.45, 7) is 8.32. The molecule has 0 spiro atoms. The van der Waals surface area contributed by atoms with Gasteiger partial charge in [-0.05, 0) is 50.8 Å². The van der Waals surface area contributed by atoms with Crippen LogP contribution < -0.4 is 10.6 Å². The summed E-state index contributed by atoms with van der Waals surface area (Å²) in [4.78, 5) is 20.6. The van der Waals surface area contributed by atoms with Gasteiger partial charge in [0.05, 0.1) is 17.4 Å². The van der Waals surface area contributed by atoms with E-state index in [9.17, 15) is 4.79 Å². The van der Waals surface area contributed by atoms with Crippen molar-refractivity contribution in [2.24, 2.45) is 5.92 Å². The quantitative estimate of drug-likeness (QED) is 0.945. The average molecular weight is 311 g/mol. The van der Waals surface area contributed by atoms with Gasteiger partial charge in [0.25, 0.3) is 0 Å². The highest BCUT2D eigenvalue weighted by Crippen LogP contribution is 2.23. The minimum atomic E-state index is 0.0185. The number of nitrogens with zero attached hydrogens (tertiary/aromatic N) is 2. The molecule has 3 rings (SSSR count). The fourth-order valence-corrected chi connectivity index (χ4v) is 3.72. The lowest BCUT2D eigenvalue weighted by Gasteiger charge is -2.23. The third kappa shape index (κ3) is 2.56. The van der Waals surface area contributed by atoms with E-state index in [2.05, 4.69) is 42.9 Å². The molecular weight excluding hydrogens is 286 g/mol. The van der Waals surface area contributed by atoms with E-state index in [-0.39, 0.29) is 11.8 Å². The molecular formula is C19H25N3O. The van der Waals surface area contributed by atoms with Gasteiger partial charge in [0.1, 0.15) is 0 Å². The van der Waals surface area contributed by atoms with Crippen LogP contribution in [0.2, 0.25) is 0 Å². The summed E-state index contributed by atoms with van der Waals surface area (Å²) >= 11 is 0. The summed E-state index contributed by atoms with van der Waals surface area (Å²) in [7, 11) is 0. The molecule has 0 radical (unpaired) electrons. The highest BCUT2D eigenvalue weighted by Gasteiger charge is 2.30. The van der Waals surface area contributed by atoms with Crippen molar-refractivity contribution < 1.29 is 4.79 Å². The number of imidazole rings is 1. The number of hydrogen-bond acceptors (Lipinski definition) is 2. The predicted octanol–water partition coefficient (Wildman–Crippen LogP) is 2.26. The Bertz CT molecular complexity index is 854. The van der Waals surface area contributed by atoms with Crippen molar-refractivity contribution in [3.8, 4) is 0 Å². The van der Waals surface area contributed by atoms with Crippen LogP contribution in [-0.4, -0.2) is 20.4 Å². The van der Waals surface area contributed by atoms with Crippen molar-refractivity contribution in [1.29, 1.82) is 0 Å². The molecule has 2 aromatic rings. The zero-order chi connectivity index (χ0) is 16.6. The van der Waals surface area contributed by atoms with Crippen molar-refractivity contribution in [3.05, 3.63) is 39.5 Å². The highest BCUT2D eigenvalue weighted by atomic mass is 16.2. The van der Waals surface area contributed by atoms with Crippen LogP contribution in [-0.2, 0) is 12.8 Å². The number of aromatic amines is 1. The van der Waals surface area contributed by atoms with Crippen molar-refractivity contribution >= 4 is 18.1 Å². The lowest BCUT2D eigenvalue weighted by molar-refractivity contribution is 0.0798. The molecule has 0 saturated carbocycles. The molecule has 4 nitrogen and oxygen atoms in total. The van der Waals surface area contributed by atoms with Gasteiger partial charge in [-0.3, -0.25) is 9.36 Å². The van der Waals surface area contributed by atoms with E-state index in [1.54, 1.807) is 6.33 Å². The first-order chi connectivity index (χ1) is 11.1. The van der Waals surface area contributed by atoms with E-state index in [0.717, 1.165) is 42.4 Å². The van der Waals surface area contributed by atoms with E-state index in [1.165, 1.54) is 16.5 Å². The fourth-order valence-electron chi connectivity index (χ4n) is 3.72. The van der Waals surface area contributed by atoms with Crippen LogP contribution in [0.3, 0.4) is 0 Å². The molecule has 0 amide bonds. The second-order valence-electron chi connectivity index (χ2n) is 6.36. The minimum absolute atomic E-state index is 0.0185. The monoisotopic (exact) mass is 311 g/mol. The molecule has 23 heavy (non-hydrogen) atoms. The first kappa shape index (κ1) is 15.8. The Morgan fingerprint density at radius 3 is 2.83 bits per heavy atom. The summed E-state index contributed by atoms with van der Waals surface area (Å²) < 4.78 is 1.98. The zero-order valence-electron chi connectivity index (χ0n) is 14.4. The van der Waals surface area contributed by atoms with Crippen molar-refractivity contribution in [2.45, 2.75) is 53.4 Å². The molecule has 1 aliphatic rings. The molecule has 2 aromatic heterocycles. The van der Waals surface area contributed by atoms with Crippen LogP contribution in [0, 0.1) is 19.8 Å². The number of aryl methyl sites for hydroxylation is 1. The van der Waals surface area contributed by atoms with Gasteiger partial charge in [0, 0.05) is 23.7 Å². The van der Waals surface area contributed by atoms with Gasteiger partial charge >= 0.3 is 0 Å². The van der Waals surface area contributed by atoms with E-state index in [0.29, 0.717) is 0 Å². The second kappa shape index (κ2) is 6.19. The standard InChI is InChI=1S/C19H25N3O/c1-5-7-18-15(6-2)12(3)17-9-8-14(19(23)22(17)18)10-16-13(4)20-11-21-16/h6-7,11,14H,5,8-10H2,1-4H3,(H,20,21)/b15-6-,18-7+. The molecule has 0 fully saturated rings. The van der Waals surface area contributed by atoms with Crippen LogP contribution in [0.15, 0.2) is 6.33 Å². The minimum Gasteiger partial charge on any atom is -0.348 e. The van der Waals surface area contributed by atoms with Gasteiger partial charge in [-0.2, -0.15) is 0 Å². The van der Waals surface area contributed by atoms with Gasteiger partial charge in [-0.15, -0.1) is 0 Å². The predicted molar refractivity (Wildman–Crippen MR) is 92.8 cm³/mol. The van der Waals surface area contributed by atoms with Crippen LogP contribution in [0.25, 0.3) is 12.2 Å². The zero-order valence-corrected chi connectivity index (χ0v) is 14.4. The fraction of sp³-hybridized carbons (Fsp3) is 0.474. The molecule has 0 bridgehead atoms. The van der Waals surface area contributed by atoms with Crippen molar-refractivity contribution in [2.75, 3.05) is 0 Å². The van der Waals surface area contributed by atoms with E-state index < -0.39 is 0 Å². The number of fused-ring (bicyclic) bond motifs is 1. The Morgan fingerprint density at radius 2 is 2.22 bits per heavy atom. The Labute approximate surface area is 136 Å². The maximum atomic E-state index is 13.1. The van der Waals surface area contributed by atoms with E-state index in [1.807, 2.05) is 11.5 Å². The molecule has 1 aliphatic heterocycles. The summed E-state index contributed by atoms with van der Waals surface area (Å²) in [5.74, 6) is 0.245. The molecule has 0 aromatic carbocycles. The molecule has 4 heteroatoms. The summed E-state index contributed by atoms with van der Waals surface area (Å²) in [6.07, 6.45) is 9.54. The van der Waals surface area contributed by atoms with Crippen molar-refractivity contribution in [3.63, 3.8) is 0 Å². The number of carbonyl (C=O) groups is 1. The van der Waals surface area contributed by atoms with Gasteiger partial charge < -0.3 is 4.98 Å². The first-order valence-electron chi connectivity index (χ1n) is 8.48. The number of rotatable bonds is 3. The molecule has 3 heterocycles. The van der Waals surface area contributed by atoms with Gasteiger partial charge in [0.2, 0.25) is 5.91 Å². The van der Waals surface area contributed by atoms with Crippen LogP contribution in [0.4, 0.5) is 0 Å². The van der Waals surface area contributed by atoms with Crippen LogP contribution in [0.5, 0.6) is 0 Å². The largest absolute Gasteiger partial charge is 0.348 e. The van der Waals surface area contributed by atoms with E-state index in [4.69, 9.17) is 0 Å². The second-order valence-corrected chi connectivity index (χ2v) is 6.36. The van der Waals surface area contributed by atoms with Gasteiger partial charge in [0.15, 0.2) is 0 Å². The molecule has 0 saturated heterocycles. The Morgan fingerprint density at radius 1 is 1.43 bits per heavy atom. The molecule has 1 atom stereocenters. The van der Waals surface area contributed by atoms with Gasteiger partial charge in [-0.25, -0.2) is 4.98 Å². The molecule has 1 unspecified atom stereocenters. The molecule has 122 valence electrons. The Balaban J connectivity index is 2.06. The van der Waals surface area contributed by atoms with Gasteiger partial charge in [-0.1, -0.05) is 19.1 Å². The number of aromatic nitrogens is 3. The SMILES string of the molecule is C/C=c1/c(C)c2n(/c1=C/CC)C(=O)C(Cc1nc[nH]c1C)CC2. The number of hydrogen-bond donors (Lipinski definition) is 1. The molecule has 0 aliphatic carbocycles. The number of carbonyl (C=O) groups excluding carboxylic acids is 1. The first-order valence-corrected chi connectivity index (χ1v) is 8.48. The van der Waals surface area contributed by atoms with Crippen LogP contribution >= 0.6 is 0 Å². The summed E-state index contributed by atoms with van der Waals surface area (Å²) in [6, 6.07) is 0. The molecule has 1 N–H and O–H groups in total. The highest BCUT2D eigenvalue weighted by molar-refractivity contribution is 5.84. The maximum Gasteiger partial charge on any atom is 0.234 e. The van der Waals surface area contributed by atoms with Crippen LogP contribution in [0.1, 0.15) is 54.1 Å². The smallest absolute Gasteiger partial charge is 0.234 e. The maximum absolute atomic E-state index is 13.1. The lowest BCUT2D eigenvalue weighted by atomic mass is 9.91. The number of H-pyrrole nitrogens is 1. The third-order valence-corrected chi connectivity index (χ3v) is 4.98. The average Bonchev–Trinajstić information content (AvgIpc) is 3.05. The lowest BCUT2D eigenvalue weighted by Crippen LogP contribution is -2.40. The third-order valence-electron chi connectivity index (χ3n) is 4.98. The van der Waals surface area contributed by atoms with E-state index >= 15 is 0 Å². The van der Waals surface area contributed by atoms with Crippen molar-refractivity contribution in [1.82, 2.24) is 14.5 Å². The normalized spacial score (nSPS) is 19.5. The topological polar surface area (TPSA) is 50.7 Å². The Hall–Kier alpha value is -2.10. The summed E-state index contributed by atoms with van der Waals surface area (Å²) in [5, 5.41) is 2.29. The Kier molecular flexibility index (Phi) is 4.24. The number of nitrogens with one attached hydrogen (secondary N) is 1.